The number of carboxylic acid groups (broad SMARTS) is 1. The number of carboxylic acids is 1. The molecule has 0 fully saturated rings. The molecule has 12 heteroatoms. The number of hydrogen-bond donors (Lipinski definition) is 4. The molecule has 0 heterocycles. The summed E-state index contributed by atoms with van der Waals surface area (Å²) in [6.45, 7) is 0.777. The van der Waals surface area contributed by atoms with Crippen LogP contribution in [0.25, 0.3) is 0 Å². The van der Waals surface area contributed by atoms with Crippen LogP contribution >= 0.6 is 23.2 Å². The maximum absolute atomic E-state index is 10.6. The normalized spacial score (nSPS) is 11.7. The maximum Gasteiger partial charge on any atom is 0.490 e. The van der Waals surface area contributed by atoms with Crippen LogP contribution in [-0.4, -0.2) is 43.0 Å². The van der Waals surface area contributed by atoms with E-state index >= 15 is 0 Å². The lowest BCUT2D eigenvalue weighted by atomic mass is 10.1. The quantitative estimate of drug-likeness (QED) is 0.321. The molecular weight excluding hydrogens is 474 g/mol. The van der Waals surface area contributed by atoms with E-state index in [1.165, 1.54) is 0 Å². The molecule has 2 aromatic rings. The summed E-state index contributed by atoms with van der Waals surface area (Å²) >= 11 is 12.2. The summed E-state index contributed by atoms with van der Waals surface area (Å²) in [7, 11) is 1.61. The van der Waals surface area contributed by atoms with E-state index < -0.39 is 12.1 Å². The molecule has 176 valence electrons. The number of ether oxygens (including phenoxy) is 2. The molecule has 2 aromatic carbocycles. The lowest BCUT2D eigenvalue weighted by molar-refractivity contribution is -0.192. The molecule has 7 nitrogen and oxygen atoms in total. The Morgan fingerprint density at radius 2 is 1.88 bits per heavy atom. The molecule has 0 aliphatic rings. The van der Waals surface area contributed by atoms with E-state index in [2.05, 4.69) is 5.32 Å². The van der Waals surface area contributed by atoms with Gasteiger partial charge < -0.3 is 25.6 Å². The monoisotopic (exact) mass is 495 g/mol. The van der Waals surface area contributed by atoms with Crippen molar-refractivity contribution < 1.29 is 32.5 Å². The van der Waals surface area contributed by atoms with E-state index in [9.17, 15) is 13.2 Å². The maximum atomic E-state index is 10.6. The van der Waals surface area contributed by atoms with Crippen molar-refractivity contribution in [3.63, 3.8) is 0 Å². The summed E-state index contributed by atoms with van der Waals surface area (Å²) in [4.78, 5) is 8.90. The fourth-order valence-corrected chi connectivity index (χ4v) is 2.82. The first-order valence-corrected chi connectivity index (χ1v) is 9.73. The lowest BCUT2D eigenvalue weighted by Gasteiger charge is -2.18. The minimum absolute atomic E-state index is 0.0787. The van der Waals surface area contributed by atoms with Crippen LogP contribution in [0, 0.1) is 5.41 Å². The van der Waals surface area contributed by atoms with Crippen LogP contribution < -0.4 is 15.8 Å². The average Bonchev–Trinajstić information content (AvgIpc) is 2.69. The smallest absolute Gasteiger partial charge is 0.489 e. The highest BCUT2D eigenvalue weighted by Gasteiger charge is 2.38. The molecular formula is C20H22Cl2F3N3O4. The van der Waals surface area contributed by atoms with Crippen LogP contribution in [0.5, 0.6) is 5.75 Å². The highest BCUT2D eigenvalue weighted by molar-refractivity contribution is 6.42. The molecule has 1 unspecified atom stereocenters. The Bertz CT molecular complexity index is 914. The highest BCUT2D eigenvalue weighted by Crippen LogP contribution is 2.26. The first-order valence-electron chi connectivity index (χ1n) is 8.98. The van der Waals surface area contributed by atoms with Gasteiger partial charge in [0.25, 0.3) is 0 Å². The zero-order chi connectivity index (χ0) is 24.3. The number of rotatable bonds is 8. The van der Waals surface area contributed by atoms with Gasteiger partial charge in [-0.05, 0) is 30.2 Å². The van der Waals surface area contributed by atoms with E-state index in [1.54, 1.807) is 13.2 Å². The highest BCUT2D eigenvalue weighted by atomic mass is 35.5. The Balaban J connectivity index is 0.000000633. The minimum Gasteiger partial charge on any atom is -0.489 e. The van der Waals surface area contributed by atoms with Gasteiger partial charge in [-0.1, -0.05) is 47.5 Å². The summed E-state index contributed by atoms with van der Waals surface area (Å²) in [5, 5.41) is 18.4. The van der Waals surface area contributed by atoms with Gasteiger partial charge >= 0.3 is 12.1 Å². The number of alkyl halides is 3. The van der Waals surface area contributed by atoms with Crippen molar-refractivity contribution in [2.45, 2.75) is 25.2 Å². The van der Waals surface area contributed by atoms with Gasteiger partial charge in [0.2, 0.25) is 0 Å². The number of hydrogen-bond acceptors (Lipinski definition) is 4. The molecule has 0 aliphatic carbocycles. The Morgan fingerprint density at radius 3 is 2.44 bits per heavy atom. The van der Waals surface area contributed by atoms with Gasteiger partial charge in [-0.25, -0.2) is 4.79 Å². The first kappa shape index (κ1) is 27.3. The second-order valence-corrected chi connectivity index (χ2v) is 7.15. The fraction of sp³-hybridized carbons (Fsp3) is 0.300. The third-order valence-corrected chi connectivity index (χ3v) is 4.63. The van der Waals surface area contributed by atoms with Crippen LogP contribution in [0.3, 0.4) is 0 Å². The molecule has 0 amide bonds. The van der Waals surface area contributed by atoms with Gasteiger partial charge in [0, 0.05) is 12.7 Å². The summed E-state index contributed by atoms with van der Waals surface area (Å²) in [5.74, 6) is -2.11. The van der Waals surface area contributed by atoms with Crippen molar-refractivity contribution in [1.82, 2.24) is 5.32 Å². The zero-order valence-electron chi connectivity index (χ0n) is 16.9. The SMILES string of the molecule is COCC(Cc1cccc(OCc2cccc(Cl)c2Cl)c1)NC(=N)N.O=C(O)C(F)(F)F. The number of benzene rings is 2. The molecule has 0 radical (unpaired) electrons. The Labute approximate surface area is 192 Å². The first-order chi connectivity index (χ1) is 14.9. The molecule has 32 heavy (non-hydrogen) atoms. The number of nitrogens with two attached hydrogens (primary N) is 1. The third-order valence-electron chi connectivity index (χ3n) is 3.78. The Hall–Kier alpha value is -2.69. The number of halogens is 5. The third kappa shape index (κ3) is 10.1. The predicted molar refractivity (Wildman–Crippen MR) is 115 cm³/mol. The van der Waals surface area contributed by atoms with Gasteiger partial charge in [-0.15, -0.1) is 0 Å². The van der Waals surface area contributed by atoms with Crippen LogP contribution in [0.15, 0.2) is 42.5 Å². The number of methoxy groups -OCH3 is 1. The number of nitrogens with one attached hydrogen (secondary N) is 2. The van der Waals surface area contributed by atoms with Gasteiger partial charge in [0.05, 0.1) is 22.7 Å². The second-order valence-electron chi connectivity index (χ2n) is 6.37. The van der Waals surface area contributed by atoms with E-state index in [-0.39, 0.29) is 12.0 Å². The molecule has 2 rings (SSSR count). The molecule has 1 atom stereocenters. The zero-order valence-corrected chi connectivity index (χ0v) is 18.4. The van der Waals surface area contributed by atoms with Gasteiger partial charge in [-0.2, -0.15) is 13.2 Å². The van der Waals surface area contributed by atoms with Crippen molar-refractivity contribution >= 4 is 35.1 Å². The predicted octanol–water partition coefficient (Wildman–Crippen LogP) is 4.25. The summed E-state index contributed by atoms with van der Waals surface area (Å²) < 4.78 is 42.7. The fourth-order valence-electron chi connectivity index (χ4n) is 2.44. The molecule has 0 spiro atoms. The van der Waals surface area contributed by atoms with Crippen molar-refractivity contribution in [2.75, 3.05) is 13.7 Å². The molecule has 0 bridgehead atoms. The van der Waals surface area contributed by atoms with Gasteiger partial charge in [0.15, 0.2) is 5.96 Å². The molecule has 0 aliphatic heterocycles. The molecule has 0 aromatic heterocycles. The van der Waals surface area contributed by atoms with Gasteiger partial charge in [-0.3, -0.25) is 5.41 Å². The van der Waals surface area contributed by atoms with Crippen LogP contribution in [0.2, 0.25) is 10.0 Å². The van der Waals surface area contributed by atoms with Crippen LogP contribution in [-0.2, 0) is 22.6 Å². The number of carbonyl (C=O) groups is 1. The summed E-state index contributed by atoms with van der Waals surface area (Å²) in [6.07, 6.45) is -4.43. The Kier molecular flexibility index (Phi) is 11.1. The lowest BCUT2D eigenvalue weighted by Crippen LogP contribution is -2.43. The largest absolute Gasteiger partial charge is 0.490 e. The van der Waals surface area contributed by atoms with Crippen LogP contribution in [0.4, 0.5) is 13.2 Å². The molecule has 0 saturated carbocycles. The Morgan fingerprint density at radius 1 is 1.25 bits per heavy atom. The van der Waals surface area contributed by atoms with E-state index in [0.717, 1.165) is 16.9 Å². The number of aliphatic carboxylic acids is 1. The average molecular weight is 496 g/mol. The van der Waals surface area contributed by atoms with Crippen LogP contribution in [0.1, 0.15) is 11.1 Å². The van der Waals surface area contributed by atoms with Gasteiger partial charge in [0.1, 0.15) is 12.4 Å². The van der Waals surface area contributed by atoms with Crippen molar-refractivity contribution in [3.05, 3.63) is 63.6 Å². The van der Waals surface area contributed by atoms with Crippen molar-refractivity contribution in [1.29, 1.82) is 5.41 Å². The standard InChI is InChI=1S/C18H21Cl2N3O2.C2HF3O2/c1-24-11-14(23-18(21)22)8-12-4-2-6-15(9-12)25-10-13-5-3-7-16(19)17(13)20;3-2(4,5)1(6)7/h2-7,9,14H,8,10-11H2,1H3,(H4,21,22,23);(H,6,7). The summed E-state index contributed by atoms with van der Waals surface area (Å²) in [6, 6.07) is 13.1. The minimum atomic E-state index is -5.08. The van der Waals surface area contributed by atoms with Crippen molar-refractivity contribution in [3.8, 4) is 5.75 Å². The number of guanidine groups is 1. The van der Waals surface area contributed by atoms with Crippen molar-refractivity contribution in [2.24, 2.45) is 5.73 Å². The van der Waals surface area contributed by atoms with E-state index in [0.29, 0.717) is 29.7 Å². The van der Waals surface area contributed by atoms with E-state index in [4.69, 9.17) is 53.7 Å². The van der Waals surface area contributed by atoms with E-state index in [1.807, 2.05) is 36.4 Å². The topological polar surface area (TPSA) is 118 Å². The molecule has 5 N–H and O–H groups in total. The summed E-state index contributed by atoms with van der Waals surface area (Å²) in [5.41, 5.74) is 7.29. The second kappa shape index (κ2) is 13.0. The molecule has 0 saturated heterocycles.